The third-order valence-electron chi connectivity index (χ3n) is 1.70. The van der Waals surface area contributed by atoms with Gasteiger partial charge in [0.05, 0.1) is 5.75 Å². The fraction of sp³-hybridized carbons (Fsp3) is 0.333. The lowest BCUT2D eigenvalue weighted by Crippen LogP contribution is -2.15. The van der Waals surface area contributed by atoms with Gasteiger partial charge in [-0.05, 0) is 12.0 Å². The lowest BCUT2D eigenvalue weighted by atomic mass is 10.2. The Balaban J connectivity index is 2.50. The second-order valence-corrected chi connectivity index (χ2v) is 4.57. The van der Waals surface area contributed by atoms with Gasteiger partial charge in [-0.3, -0.25) is 0 Å². The molecule has 0 N–H and O–H groups in total. The summed E-state index contributed by atoms with van der Waals surface area (Å²) in [5.74, 6) is -0.443. The van der Waals surface area contributed by atoms with Crippen LogP contribution in [0, 0.1) is 0 Å². The van der Waals surface area contributed by atoms with Crippen molar-refractivity contribution in [1.82, 2.24) is 0 Å². The van der Waals surface area contributed by atoms with Crippen molar-refractivity contribution in [3.05, 3.63) is 35.9 Å². The van der Waals surface area contributed by atoms with Crippen LogP contribution in [0.1, 0.15) is 5.56 Å². The Hall–Kier alpha value is -1.01. The van der Waals surface area contributed by atoms with E-state index in [0.717, 1.165) is 5.56 Å². The zero-order valence-electron chi connectivity index (χ0n) is 7.77. The van der Waals surface area contributed by atoms with Crippen molar-refractivity contribution < 1.29 is 21.4 Å². The zero-order valence-corrected chi connectivity index (χ0v) is 8.58. The molecule has 15 heavy (non-hydrogen) atoms. The number of alkyl halides is 2. The van der Waals surface area contributed by atoms with Gasteiger partial charge in [0.2, 0.25) is 0 Å². The van der Waals surface area contributed by atoms with E-state index < -0.39 is 22.5 Å². The Bertz CT molecular complexity index is 389. The summed E-state index contributed by atoms with van der Waals surface area (Å²) in [4.78, 5) is 0. The summed E-state index contributed by atoms with van der Waals surface area (Å²) in [6.45, 7) is -3.29. The van der Waals surface area contributed by atoms with Crippen molar-refractivity contribution >= 4 is 10.1 Å². The molecular formula is C9H10F2O3S. The van der Waals surface area contributed by atoms with E-state index in [1.165, 1.54) is 0 Å². The molecule has 1 aromatic carbocycles. The molecule has 0 heterocycles. The van der Waals surface area contributed by atoms with Gasteiger partial charge in [-0.25, -0.2) is 4.18 Å². The van der Waals surface area contributed by atoms with E-state index in [0.29, 0.717) is 0 Å². The predicted octanol–water partition coefficient (Wildman–Crippen LogP) is 1.80. The van der Waals surface area contributed by atoms with Gasteiger partial charge in [-0.15, -0.1) is 0 Å². The van der Waals surface area contributed by atoms with Crippen molar-refractivity contribution in [2.75, 3.05) is 5.75 Å². The number of hydrogen-bond acceptors (Lipinski definition) is 3. The van der Waals surface area contributed by atoms with Crippen molar-refractivity contribution in [1.29, 1.82) is 0 Å². The monoisotopic (exact) mass is 236 g/mol. The van der Waals surface area contributed by atoms with Gasteiger partial charge in [0, 0.05) is 0 Å². The Morgan fingerprint density at radius 2 is 1.80 bits per heavy atom. The molecule has 0 saturated carbocycles. The summed E-state index contributed by atoms with van der Waals surface area (Å²) in [6.07, 6.45) is 0.163. The molecule has 0 saturated heterocycles. The Kier molecular flexibility index (Phi) is 4.16. The van der Waals surface area contributed by atoms with Gasteiger partial charge in [-0.2, -0.15) is 17.2 Å². The highest BCUT2D eigenvalue weighted by Crippen LogP contribution is 2.07. The highest BCUT2D eigenvalue weighted by molar-refractivity contribution is 7.86. The van der Waals surface area contributed by atoms with E-state index in [9.17, 15) is 17.2 Å². The average molecular weight is 236 g/mol. The molecule has 0 spiro atoms. The highest BCUT2D eigenvalue weighted by Gasteiger charge is 2.17. The van der Waals surface area contributed by atoms with E-state index in [4.69, 9.17) is 0 Å². The topological polar surface area (TPSA) is 43.4 Å². The van der Waals surface area contributed by atoms with Crippen LogP contribution in [0.2, 0.25) is 0 Å². The molecular weight excluding hydrogens is 226 g/mol. The minimum absolute atomic E-state index is 0.163. The molecule has 0 amide bonds. The van der Waals surface area contributed by atoms with Gasteiger partial charge < -0.3 is 0 Å². The van der Waals surface area contributed by atoms with Gasteiger partial charge in [0.1, 0.15) is 0 Å². The lowest BCUT2D eigenvalue weighted by Gasteiger charge is -2.03. The first kappa shape index (κ1) is 12.1. The lowest BCUT2D eigenvalue weighted by molar-refractivity contribution is -0.0444. The maximum atomic E-state index is 11.7. The molecule has 3 nitrogen and oxygen atoms in total. The van der Waals surface area contributed by atoms with Crippen molar-refractivity contribution in [3.8, 4) is 0 Å². The fourth-order valence-corrected chi connectivity index (χ4v) is 1.85. The molecule has 0 aromatic heterocycles. The van der Waals surface area contributed by atoms with Crippen LogP contribution < -0.4 is 0 Å². The normalized spacial score (nSPS) is 11.9. The minimum Gasteiger partial charge on any atom is -0.203 e. The summed E-state index contributed by atoms with van der Waals surface area (Å²) >= 11 is 0. The summed E-state index contributed by atoms with van der Waals surface area (Å²) in [5.41, 5.74) is 0.763. The largest absolute Gasteiger partial charge is 0.358 e. The fourth-order valence-electron chi connectivity index (χ4n) is 1.05. The van der Waals surface area contributed by atoms with Crippen LogP contribution >= 0.6 is 0 Å². The van der Waals surface area contributed by atoms with Crippen molar-refractivity contribution in [3.63, 3.8) is 0 Å². The summed E-state index contributed by atoms with van der Waals surface area (Å²) < 4.78 is 48.6. The van der Waals surface area contributed by atoms with Crippen LogP contribution in [0.15, 0.2) is 30.3 Å². The first-order valence-corrected chi connectivity index (χ1v) is 5.80. The molecule has 0 atom stereocenters. The quantitative estimate of drug-likeness (QED) is 0.732. The third kappa shape index (κ3) is 4.85. The SMILES string of the molecule is O=S(=O)(CCc1ccccc1)OC(F)F. The molecule has 84 valence electrons. The van der Waals surface area contributed by atoms with Crippen LogP contribution in [0.25, 0.3) is 0 Å². The van der Waals surface area contributed by atoms with Crippen molar-refractivity contribution in [2.45, 2.75) is 13.0 Å². The van der Waals surface area contributed by atoms with Gasteiger partial charge >= 0.3 is 6.61 Å². The highest BCUT2D eigenvalue weighted by atomic mass is 32.2. The number of rotatable bonds is 5. The van der Waals surface area contributed by atoms with E-state index in [1.807, 2.05) is 0 Å². The Labute approximate surface area is 86.8 Å². The summed E-state index contributed by atoms with van der Waals surface area (Å²) in [6, 6.07) is 8.72. The zero-order chi connectivity index (χ0) is 11.3. The second kappa shape index (κ2) is 5.18. The molecule has 6 heteroatoms. The van der Waals surface area contributed by atoms with E-state index in [1.54, 1.807) is 30.3 Å². The number of hydrogen-bond donors (Lipinski definition) is 0. The van der Waals surface area contributed by atoms with Crippen LogP contribution in [0.3, 0.4) is 0 Å². The predicted molar refractivity (Wildman–Crippen MR) is 51.0 cm³/mol. The van der Waals surface area contributed by atoms with Gasteiger partial charge in [-0.1, -0.05) is 30.3 Å². The van der Waals surface area contributed by atoms with E-state index in [2.05, 4.69) is 4.18 Å². The smallest absolute Gasteiger partial charge is 0.203 e. The summed E-state index contributed by atoms with van der Waals surface area (Å²) in [5, 5.41) is 0. The number of halogens is 2. The first-order valence-electron chi connectivity index (χ1n) is 4.23. The molecule has 0 unspecified atom stereocenters. The summed E-state index contributed by atoms with van der Waals surface area (Å²) in [7, 11) is -4.13. The molecule has 0 aliphatic heterocycles. The molecule has 0 bridgehead atoms. The number of benzene rings is 1. The average Bonchev–Trinajstić information content (AvgIpc) is 2.15. The maximum Gasteiger partial charge on any atom is 0.358 e. The van der Waals surface area contributed by atoms with E-state index in [-0.39, 0.29) is 6.42 Å². The van der Waals surface area contributed by atoms with Crippen molar-refractivity contribution in [2.24, 2.45) is 0 Å². The van der Waals surface area contributed by atoms with E-state index >= 15 is 0 Å². The molecule has 1 aromatic rings. The van der Waals surface area contributed by atoms with Crippen LogP contribution in [-0.4, -0.2) is 20.8 Å². The van der Waals surface area contributed by atoms with Crippen LogP contribution in [0.5, 0.6) is 0 Å². The first-order chi connectivity index (χ1) is 6.99. The van der Waals surface area contributed by atoms with Crippen LogP contribution in [0.4, 0.5) is 8.78 Å². The van der Waals surface area contributed by atoms with Crippen LogP contribution in [-0.2, 0) is 20.7 Å². The Morgan fingerprint density at radius 3 is 2.33 bits per heavy atom. The molecule has 0 aliphatic rings. The molecule has 1 rings (SSSR count). The number of aryl methyl sites for hydroxylation is 1. The molecule has 0 aliphatic carbocycles. The Morgan fingerprint density at radius 1 is 1.20 bits per heavy atom. The third-order valence-corrected chi connectivity index (χ3v) is 2.85. The molecule has 0 fully saturated rings. The second-order valence-electron chi connectivity index (χ2n) is 2.85. The van der Waals surface area contributed by atoms with Gasteiger partial charge in [0.15, 0.2) is 0 Å². The minimum atomic E-state index is -4.13. The van der Waals surface area contributed by atoms with Gasteiger partial charge in [0.25, 0.3) is 10.1 Å². The molecule has 0 radical (unpaired) electrons. The standard InChI is InChI=1S/C9H10F2O3S/c10-9(11)14-15(12,13)7-6-8-4-2-1-3-5-8/h1-5,9H,6-7H2. The maximum absolute atomic E-state index is 11.7.